The number of carbonyl (C=O) groups is 3. The van der Waals surface area contributed by atoms with Gasteiger partial charge in [-0.2, -0.15) is 0 Å². The van der Waals surface area contributed by atoms with E-state index in [0.29, 0.717) is 11.4 Å². The third-order valence-corrected chi connectivity index (χ3v) is 8.15. The lowest BCUT2D eigenvalue weighted by molar-refractivity contribution is -0.131. The van der Waals surface area contributed by atoms with Gasteiger partial charge < -0.3 is 15.4 Å². The highest BCUT2D eigenvalue weighted by Crippen LogP contribution is 2.60. The number of fused-ring (bicyclic) bond motifs is 1. The molecule has 2 aromatic rings. The Morgan fingerprint density at radius 2 is 1.81 bits per heavy atom. The lowest BCUT2D eigenvalue weighted by atomic mass is 9.70. The maximum Gasteiger partial charge on any atom is 0.246 e. The lowest BCUT2D eigenvalue weighted by Gasteiger charge is -2.34. The summed E-state index contributed by atoms with van der Waals surface area (Å²) in [5.41, 5.74) is -1.07. The molecule has 4 heterocycles. The van der Waals surface area contributed by atoms with E-state index in [4.69, 9.17) is 4.74 Å². The van der Waals surface area contributed by atoms with Crippen molar-refractivity contribution in [1.29, 1.82) is 0 Å². The highest BCUT2D eigenvalue weighted by atomic mass is 16.5. The van der Waals surface area contributed by atoms with Crippen molar-refractivity contribution in [2.45, 2.75) is 62.3 Å². The van der Waals surface area contributed by atoms with Gasteiger partial charge in [-0.05, 0) is 44.0 Å². The molecule has 8 nitrogen and oxygen atoms in total. The van der Waals surface area contributed by atoms with Gasteiger partial charge in [-0.1, -0.05) is 49.6 Å². The molecule has 1 saturated carbocycles. The minimum Gasteiger partial charge on any atom is -0.356 e. The minimum atomic E-state index is -1.24. The van der Waals surface area contributed by atoms with Crippen LogP contribution in [0.3, 0.4) is 0 Å². The van der Waals surface area contributed by atoms with E-state index in [2.05, 4.69) is 15.6 Å². The molecule has 1 aliphatic carbocycles. The molecule has 2 bridgehead atoms. The second kappa shape index (κ2) is 8.55. The number of aromatic nitrogens is 1. The standard InChI is InChI=1S/C28H30N4O4/c1-27-14-15-28(36-27)22(21(27)24(33)30-18-9-4-2-5-10-18)26(35)32(20-13-8-16-29-17-20)23(28)25(34)31-19-11-6-3-7-12-19/h2,4-5,8-10,13-17,19,21-23H,3,6-7,11-12H2,1H3,(H,30,33)(H,31,34)/t21-,22+,23+,27+,28-/m1/s1. The van der Waals surface area contributed by atoms with Crippen LogP contribution in [0, 0.1) is 11.8 Å². The first-order chi connectivity index (χ1) is 17.4. The van der Waals surface area contributed by atoms with E-state index < -0.39 is 29.1 Å². The normalized spacial score (nSPS) is 33.0. The van der Waals surface area contributed by atoms with Crippen LogP contribution in [-0.2, 0) is 19.1 Å². The fraction of sp³-hybridized carbons (Fsp3) is 0.429. The number of nitrogens with zero attached hydrogens (tertiary/aromatic N) is 2. The molecule has 2 saturated heterocycles. The van der Waals surface area contributed by atoms with Crippen molar-refractivity contribution in [2.24, 2.45) is 11.8 Å². The van der Waals surface area contributed by atoms with Crippen molar-refractivity contribution in [2.75, 3.05) is 10.2 Å². The second-order valence-electron chi connectivity index (χ2n) is 10.4. The molecular formula is C28H30N4O4. The summed E-state index contributed by atoms with van der Waals surface area (Å²) in [4.78, 5) is 47.3. The van der Waals surface area contributed by atoms with E-state index >= 15 is 0 Å². The molecule has 1 aromatic carbocycles. The van der Waals surface area contributed by atoms with Crippen molar-refractivity contribution < 1.29 is 19.1 Å². The third kappa shape index (κ3) is 3.46. The third-order valence-electron chi connectivity index (χ3n) is 8.15. The van der Waals surface area contributed by atoms with E-state index in [0.717, 1.165) is 25.7 Å². The van der Waals surface area contributed by atoms with Gasteiger partial charge in [0, 0.05) is 17.9 Å². The fourth-order valence-electron chi connectivity index (χ4n) is 6.58. The van der Waals surface area contributed by atoms with Gasteiger partial charge in [0.15, 0.2) is 0 Å². The summed E-state index contributed by atoms with van der Waals surface area (Å²) in [6.45, 7) is 1.82. The molecule has 1 aromatic heterocycles. The van der Waals surface area contributed by atoms with Crippen LogP contribution in [0.25, 0.3) is 0 Å². The zero-order valence-corrected chi connectivity index (χ0v) is 20.2. The van der Waals surface area contributed by atoms with Gasteiger partial charge in [0.05, 0.1) is 29.3 Å². The number of hydrogen-bond acceptors (Lipinski definition) is 5. The number of amides is 3. The number of rotatable bonds is 5. The number of para-hydroxylation sites is 1. The van der Waals surface area contributed by atoms with Crippen LogP contribution in [0.4, 0.5) is 11.4 Å². The summed E-state index contributed by atoms with van der Waals surface area (Å²) in [6, 6.07) is 11.8. The van der Waals surface area contributed by atoms with Crippen LogP contribution in [0.5, 0.6) is 0 Å². The number of hydrogen-bond donors (Lipinski definition) is 2. The number of nitrogens with one attached hydrogen (secondary N) is 2. The van der Waals surface area contributed by atoms with Crippen LogP contribution in [0.2, 0.25) is 0 Å². The molecule has 186 valence electrons. The number of pyridine rings is 1. The zero-order chi connectivity index (χ0) is 24.9. The average molecular weight is 487 g/mol. The number of ether oxygens (including phenoxy) is 1. The molecular weight excluding hydrogens is 456 g/mol. The van der Waals surface area contributed by atoms with Crippen LogP contribution in [0.1, 0.15) is 39.0 Å². The van der Waals surface area contributed by atoms with Crippen molar-refractivity contribution in [3.63, 3.8) is 0 Å². The second-order valence-corrected chi connectivity index (χ2v) is 10.4. The minimum absolute atomic E-state index is 0.0721. The Kier molecular flexibility index (Phi) is 5.44. The van der Waals surface area contributed by atoms with Crippen molar-refractivity contribution in [3.8, 4) is 0 Å². The topological polar surface area (TPSA) is 101 Å². The van der Waals surface area contributed by atoms with E-state index in [1.54, 1.807) is 36.7 Å². The van der Waals surface area contributed by atoms with Crippen LogP contribution in [0.15, 0.2) is 67.0 Å². The Labute approximate surface area is 210 Å². The highest BCUT2D eigenvalue weighted by molar-refractivity contribution is 6.11. The Hall–Kier alpha value is -3.52. The Morgan fingerprint density at radius 3 is 2.53 bits per heavy atom. The molecule has 4 aliphatic rings. The van der Waals surface area contributed by atoms with E-state index in [1.165, 1.54) is 11.3 Å². The molecule has 0 radical (unpaired) electrons. The molecule has 8 heteroatoms. The average Bonchev–Trinajstić information content (AvgIpc) is 3.46. The highest BCUT2D eigenvalue weighted by Gasteiger charge is 2.76. The van der Waals surface area contributed by atoms with Crippen LogP contribution < -0.4 is 15.5 Å². The van der Waals surface area contributed by atoms with Crippen molar-refractivity contribution in [1.82, 2.24) is 10.3 Å². The predicted molar refractivity (Wildman–Crippen MR) is 134 cm³/mol. The Balaban J connectivity index is 1.39. The van der Waals surface area contributed by atoms with E-state index in [1.807, 2.05) is 37.3 Å². The summed E-state index contributed by atoms with van der Waals surface area (Å²) in [6.07, 6.45) is 12.1. The molecule has 2 N–H and O–H groups in total. The number of anilines is 2. The molecule has 1 spiro atoms. The first kappa shape index (κ1) is 22.9. The molecule has 3 aliphatic heterocycles. The predicted octanol–water partition coefficient (Wildman–Crippen LogP) is 3.21. The van der Waals surface area contributed by atoms with Crippen molar-refractivity contribution >= 4 is 29.1 Å². The number of benzene rings is 1. The summed E-state index contributed by atoms with van der Waals surface area (Å²) in [5, 5.41) is 6.15. The van der Waals surface area contributed by atoms with Crippen LogP contribution in [-0.4, -0.2) is 46.0 Å². The summed E-state index contributed by atoms with van der Waals surface area (Å²) >= 11 is 0. The monoisotopic (exact) mass is 486 g/mol. The van der Waals surface area contributed by atoms with Gasteiger partial charge >= 0.3 is 0 Å². The van der Waals surface area contributed by atoms with Gasteiger partial charge in [-0.15, -0.1) is 0 Å². The van der Waals surface area contributed by atoms with E-state index in [9.17, 15) is 14.4 Å². The summed E-state index contributed by atoms with van der Waals surface area (Å²) < 4.78 is 6.57. The van der Waals surface area contributed by atoms with Gasteiger partial charge in [-0.3, -0.25) is 24.3 Å². The maximum atomic E-state index is 14.1. The zero-order valence-electron chi connectivity index (χ0n) is 20.2. The Morgan fingerprint density at radius 1 is 1.03 bits per heavy atom. The molecule has 36 heavy (non-hydrogen) atoms. The van der Waals surface area contributed by atoms with Gasteiger partial charge in [0.2, 0.25) is 17.7 Å². The first-order valence-electron chi connectivity index (χ1n) is 12.7. The maximum absolute atomic E-state index is 14.1. The van der Waals surface area contributed by atoms with Gasteiger partial charge in [0.25, 0.3) is 0 Å². The van der Waals surface area contributed by atoms with Crippen LogP contribution >= 0.6 is 0 Å². The SMILES string of the molecule is C[C@@]12C=C[C@@]3(O1)[C@H](C(=O)N(c1cccnc1)[C@H]3C(=O)NC1CCCCC1)[C@@H]2C(=O)Nc1ccccc1. The summed E-state index contributed by atoms with van der Waals surface area (Å²) in [7, 11) is 0. The summed E-state index contributed by atoms with van der Waals surface area (Å²) in [5.74, 6) is -2.47. The van der Waals surface area contributed by atoms with Crippen molar-refractivity contribution in [3.05, 3.63) is 67.0 Å². The quantitative estimate of drug-likeness (QED) is 0.632. The molecule has 5 atom stereocenters. The largest absolute Gasteiger partial charge is 0.356 e. The molecule has 3 fully saturated rings. The smallest absolute Gasteiger partial charge is 0.246 e. The number of carbonyl (C=O) groups excluding carboxylic acids is 3. The fourth-order valence-corrected chi connectivity index (χ4v) is 6.58. The Bertz CT molecular complexity index is 1210. The first-order valence-corrected chi connectivity index (χ1v) is 12.7. The van der Waals surface area contributed by atoms with Gasteiger partial charge in [0.1, 0.15) is 11.6 Å². The molecule has 3 amide bonds. The van der Waals surface area contributed by atoms with Gasteiger partial charge in [-0.25, -0.2) is 0 Å². The lowest BCUT2D eigenvalue weighted by Crippen LogP contribution is -2.56. The molecule has 0 unspecified atom stereocenters. The van der Waals surface area contributed by atoms with E-state index in [-0.39, 0.29) is 23.8 Å². The molecule has 6 rings (SSSR count).